The van der Waals surface area contributed by atoms with E-state index in [0.29, 0.717) is 0 Å². The van der Waals surface area contributed by atoms with E-state index in [-0.39, 0.29) is 29.8 Å². The molecule has 0 radical (unpaired) electrons. The molecule has 0 fully saturated rings. The van der Waals surface area contributed by atoms with Gasteiger partial charge in [0.25, 0.3) is 0 Å². The number of rotatable bonds is 4. The molecule has 0 bridgehead atoms. The van der Waals surface area contributed by atoms with Crippen LogP contribution in [-0.4, -0.2) is 18.4 Å². The van der Waals surface area contributed by atoms with Gasteiger partial charge in [0, 0.05) is 4.47 Å². The third kappa shape index (κ3) is 3.35. The second kappa shape index (κ2) is 6.02. The number of carbonyl (C=O) groups is 2. The Kier molecular flexibility index (Phi) is 4.52. The summed E-state index contributed by atoms with van der Waals surface area (Å²) in [7, 11) is 0. The summed E-state index contributed by atoms with van der Waals surface area (Å²) in [6, 6.07) is 5.98. The van der Waals surface area contributed by atoms with Gasteiger partial charge in [0.05, 0.1) is 12.6 Å². The van der Waals surface area contributed by atoms with Crippen LogP contribution < -0.4 is 10.6 Å². The van der Waals surface area contributed by atoms with E-state index < -0.39 is 0 Å². The topological polar surface area (TPSA) is 58.2 Å². The molecule has 2 N–H and O–H groups in total. The van der Waals surface area contributed by atoms with Crippen molar-refractivity contribution in [2.45, 2.75) is 26.3 Å². The molecule has 5 heteroatoms. The molecular formula is C16H19BrN2O2. The molecule has 0 aliphatic heterocycles. The van der Waals surface area contributed by atoms with E-state index in [1.165, 1.54) is 5.56 Å². The zero-order valence-corrected chi connectivity index (χ0v) is 13.8. The van der Waals surface area contributed by atoms with Crippen molar-refractivity contribution >= 4 is 27.7 Å². The molecule has 1 aliphatic rings. The molecule has 0 saturated heterocycles. The second-order valence-corrected chi connectivity index (χ2v) is 6.75. The SMILES string of the molecule is C=CC(=O)NCC(=O)NC1c2cccc(Br)c2CC1(C)C. The highest BCUT2D eigenvalue weighted by Crippen LogP contribution is 2.47. The normalized spacial score (nSPS) is 18.7. The van der Waals surface area contributed by atoms with E-state index >= 15 is 0 Å². The number of carbonyl (C=O) groups excluding carboxylic acids is 2. The maximum atomic E-state index is 12.0. The Labute approximate surface area is 133 Å². The highest BCUT2D eigenvalue weighted by molar-refractivity contribution is 9.10. The van der Waals surface area contributed by atoms with Crippen LogP contribution in [0.5, 0.6) is 0 Å². The Hall–Kier alpha value is -1.62. The van der Waals surface area contributed by atoms with Gasteiger partial charge in [-0.15, -0.1) is 0 Å². The largest absolute Gasteiger partial charge is 0.347 e. The van der Waals surface area contributed by atoms with Crippen LogP contribution in [0.25, 0.3) is 0 Å². The van der Waals surface area contributed by atoms with Crippen LogP contribution in [0.4, 0.5) is 0 Å². The van der Waals surface area contributed by atoms with Crippen molar-refractivity contribution in [1.82, 2.24) is 10.6 Å². The number of halogens is 1. The molecule has 2 rings (SSSR count). The summed E-state index contributed by atoms with van der Waals surface area (Å²) in [4.78, 5) is 23.1. The number of amides is 2. The van der Waals surface area contributed by atoms with Gasteiger partial charge in [-0.1, -0.05) is 48.5 Å². The Morgan fingerprint density at radius 3 is 2.86 bits per heavy atom. The second-order valence-electron chi connectivity index (χ2n) is 5.90. The van der Waals surface area contributed by atoms with Crippen molar-refractivity contribution in [2.24, 2.45) is 5.41 Å². The molecule has 2 amide bonds. The summed E-state index contributed by atoms with van der Waals surface area (Å²) in [6.07, 6.45) is 2.05. The first kappa shape index (κ1) is 15.8. The maximum absolute atomic E-state index is 12.0. The molecule has 112 valence electrons. The summed E-state index contributed by atoms with van der Waals surface area (Å²) in [5, 5.41) is 5.51. The molecule has 4 nitrogen and oxygen atoms in total. The van der Waals surface area contributed by atoms with E-state index in [4.69, 9.17) is 0 Å². The van der Waals surface area contributed by atoms with Gasteiger partial charge < -0.3 is 10.6 Å². The molecule has 0 saturated carbocycles. The minimum Gasteiger partial charge on any atom is -0.347 e. The lowest BCUT2D eigenvalue weighted by molar-refractivity contribution is -0.125. The van der Waals surface area contributed by atoms with Gasteiger partial charge in [-0.2, -0.15) is 0 Å². The molecule has 1 aromatic rings. The lowest BCUT2D eigenvalue weighted by Crippen LogP contribution is -2.41. The van der Waals surface area contributed by atoms with Crippen LogP contribution in [0.3, 0.4) is 0 Å². The Balaban J connectivity index is 2.13. The lowest BCUT2D eigenvalue weighted by Gasteiger charge is -2.28. The molecule has 0 spiro atoms. The van der Waals surface area contributed by atoms with Crippen molar-refractivity contribution in [3.8, 4) is 0 Å². The molecular weight excluding hydrogens is 332 g/mol. The third-order valence-corrected chi connectivity index (χ3v) is 4.54. The van der Waals surface area contributed by atoms with Crippen molar-refractivity contribution in [3.05, 3.63) is 46.5 Å². The summed E-state index contributed by atoms with van der Waals surface area (Å²) in [5.41, 5.74) is 2.31. The minimum absolute atomic E-state index is 0.0409. The van der Waals surface area contributed by atoms with Gasteiger partial charge in [0.2, 0.25) is 11.8 Å². The Morgan fingerprint density at radius 2 is 2.19 bits per heavy atom. The highest BCUT2D eigenvalue weighted by Gasteiger charge is 2.40. The van der Waals surface area contributed by atoms with Gasteiger partial charge in [0.15, 0.2) is 0 Å². The van der Waals surface area contributed by atoms with E-state index in [1.54, 1.807) is 0 Å². The summed E-state index contributed by atoms with van der Waals surface area (Å²) < 4.78 is 1.07. The zero-order valence-electron chi connectivity index (χ0n) is 12.2. The summed E-state index contributed by atoms with van der Waals surface area (Å²) in [6.45, 7) is 7.58. The van der Waals surface area contributed by atoms with Crippen LogP contribution in [0.1, 0.15) is 31.0 Å². The zero-order chi connectivity index (χ0) is 15.6. The monoisotopic (exact) mass is 350 g/mol. The number of hydrogen-bond donors (Lipinski definition) is 2. The Bertz CT molecular complexity index is 596. The maximum Gasteiger partial charge on any atom is 0.243 e. The van der Waals surface area contributed by atoms with E-state index in [1.807, 2.05) is 18.2 Å². The van der Waals surface area contributed by atoms with Gasteiger partial charge in [0.1, 0.15) is 0 Å². The number of nitrogens with one attached hydrogen (secondary N) is 2. The molecule has 0 heterocycles. The number of benzene rings is 1. The van der Waals surface area contributed by atoms with Gasteiger partial charge in [-0.05, 0) is 35.1 Å². The van der Waals surface area contributed by atoms with Crippen molar-refractivity contribution in [2.75, 3.05) is 6.54 Å². The first-order valence-electron chi connectivity index (χ1n) is 6.82. The predicted molar refractivity (Wildman–Crippen MR) is 85.7 cm³/mol. The fourth-order valence-corrected chi connectivity index (χ4v) is 3.26. The quantitative estimate of drug-likeness (QED) is 0.819. The van der Waals surface area contributed by atoms with Crippen LogP contribution in [0.15, 0.2) is 35.3 Å². The van der Waals surface area contributed by atoms with E-state index in [9.17, 15) is 9.59 Å². The smallest absolute Gasteiger partial charge is 0.243 e. The average molecular weight is 351 g/mol. The predicted octanol–water partition coefficient (Wildman–Crippen LogP) is 2.49. The van der Waals surface area contributed by atoms with E-state index in [2.05, 4.69) is 47.0 Å². The van der Waals surface area contributed by atoms with Crippen molar-refractivity contribution in [1.29, 1.82) is 0 Å². The average Bonchev–Trinajstić information content (AvgIpc) is 2.69. The van der Waals surface area contributed by atoms with Crippen LogP contribution in [0, 0.1) is 5.41 Å². The van der Waals surface area contributed by atoms with Gasteiger partial charge >= 0.3 is 0 Å². The highest BCUT2D eigenvalue weighted by atomic mass is 79.9. The molecule has 1 unspecified atom stereocenters. The summed E-state index contributed by atoms with van der Waals surface area (Å²) in [5.74, 6) is -0.546. The molecule has 21 heavy (non-hydrogen) atoms. The third-order valence-electron chi connectivity index (χ3n) is 3.79. The van der Waals surface area contributed by atoms with Gasteiger partial charge in [-0.3, -0.25) is 9.59 Å². The molecule has 0 aromatic heterocycles. The van der Waals surface area contributed by atoms with Crippen molar-refractivity contribution in [3.63, 3.8) is 0 Å². The minimum atomic E-state index is -0.348. The summed E-state index contributed by atoms with van der Waals surface area (Å²) >= 11 is 3.57. The molecule has 1 atom stereocenters. The fraction of sp³-hybridized carbons (Fsp3) is 0.375. The standard InChI is InChI=1S/C16H19BrN2O2/c1-4-13(20)18-9-14(21)19-15-10-6-5-7-12(17)11(10)8-16(15,2)3/h4-7,15H,1,8-9H2,2-3H3,(H,18,20)(H,19,21). The fourth-order valence-electron chi connectivity index (χ4n) is 2.74. The molecule has 1 aromatic carbocycles. The van der Waals surface area contributed by atoms with Gasteiger partial charge in [-0.25, -0.2) is 0 Å². The first-order chi connectivity index (χ1) is 9.85. The number of fused-ring (bicyclic) bond motifs is 1. The molecule has 1 aliphatic carbocycles. The van der Waals surface area contributed by atoms with Crippen molar-refractivity contribution < 1.29 is 9.59 Å². The lowest BCUT2D eigenvalue weighted by atomic mass is 9.85. The number of hydrogen-bond acceptors (Lipinski definition) is 2. The van der Waals surface area contributed by atoms with Crippen LogP contribution in [0.2, 0.25) is 0 Å². The van der Waals surface area contributed by atoms with E-state index in [0.717, 1.165) is 22.5 Å². The Morgan fingerprint density at radius 1 is 1.48 bits per heavy atom. The van der Waals surface area contributed by atoms with Crippen LogP contribution in [-0.2, 0) is 16.0 Å². The first-order valence-corrected chi connectivity index (χ1v) is 7.61. The van der Waals surface area contributed by atoms with Crippen LogP contribution >= 0.6 is 15.9 Å².